The van der Waals surface area contributed by atoms with Crippen molar-refractivity contribution in [2.75, 3.05) is 0 Å². The van der Waals surface area contributed by atoms with Gasteiger partial charge in [-0.1, -0.05) is 13.3 Å². The molecule has 1 aliphatic carbocycles. The second-order valence-corrected chi connectivity index (χ2v) is 7.23. The molecule has 0 amide bonds. The summed E-state index contributed by atoms with van der Waals surface area (Å²) in [6, 6.07) is 3.61. The molecule has 3 nitrogen and oxygen atoms in total. The van der Waals surface area contributed by atoms with Crippen molar-refractivity contribution in [1.29, 1.82) is 0 Å². The number of ketones is 1. The molecule has 5 heteroatoms. The minimum Gasteiger partial charge on any atom is -0.481 e. The molecule has 1 fully saturated rings. The number of Topliss-reactive ketones (excluding diaryl/α,β-unsaturated/α-hetero) is 1. The molecular weight excluding hydrogens is 316 g/mol. The Bertz CT molecular complexity index is 469. The van der Waals surface area contributed by atoms with Crippen LogP contribution in [0, 0.1) is 17.8 Å². The molecule has 2 rings (SSSR count). The third kappa shape index (κ3) is 2.67. The lowest BCUT2D eigenvalue weighted by molar-refractivity contribution is -0.142. The molecule has 1 aromatic heterocycles. The highest BCUT2D eigenvalue weighted by molar-refractivity contribution is 9.11. The Hall–Kier alpha value is -0.680. The zero-order valence-electron chi connectivity index (χ0n) is 10.1. The van der Waals surface area contributed by atoms with Gasteiger partial charge in [0.1, 0.15) is 0 Å². The van der Waals surface area contributed by atoms with Crippen molar-refractivity contribution in [3.63, 3.8) is 0 Å². The Morgan fingerprint density at radius 3 is 2.56 bits per heavy atom. The zero-order chi connectivity index (χ0) is 13.3. The Labute approximate surface area is 118 Å². The van der Waals surface area contributed by atoms with E-state index in [4.69, 9.17) is 0 Å². The molecular formula is C13H15BrO3S. The molecule has 0 aromatic carbocycles. The molecule has 1 aromatic rings. The van der Waals surface area contributed by atoms with Crippen LogP contribution in [-0.4, -0.2) is 16.9 Å². The van der Waals surface area contributed by atoms with Crippen molar-refractivity contribution < 1.29 is 14.7 Å². The van der Waals surface area contributed by atoms with Crippen LogP contribution in [0.3, 0.4) is 0 Å². The number of thiophene rings is 1. The standard InChI is InChI=1S/C13H15BrO3S/c1-2-7-5-8(9(6-7)13(16)17)12(15)10-3-4-11(14)18-10/h3-4,7-9H,2,5-6H2,1H3,(H,16,17). The number of hydrogen-bond donors (Lipinski definition) is 1. The number of carboxylic acids is 1. The van der Waals surface area contributed by atoms with E-state index in [0.29, 0.717) is 23.6 Å². The maximum Gasteiger partial charge on any atom is 0.307 e. The number of carboxylic acid groups (broad SMARTS) is 1. The minimum absolute atomic E-state index is 0.00551. The summed E-state index contributed by atoms with van der Waals surface area (Å²) >= 11 is 4.71. The summed E-state index contributed by atoms with van der Waals surface area (Å²) in [7, 11) is 0. The van der Waals surface area contributed by atoms with Crippen LogP contribution in [0.4, 0.5) is 0 Å². The van der Waals surface area contributed by atoms with Crippen molar-refractivity contribution >= 4 is 39.0 Å². The van der Waals surface area contributed by atoms with E-state index in [-0.39, 0.29) is 11.7 Å². The van der Waals surface area contributed by atoms with E-state index in [0.717, 1.165) is 10.2 Å². The fourth-order valence-electron chi connectivity index (χ4n) is 2.67. The molecule has 0 saturated heterocycles. The Balaban J connectivity index is 2.20. The summed E-state index contributed by atoms with van der Waals surface area (Å²) in [5.74, 6) is -1.33. The van der Waals surface area contributed by atoms with Crippen LogP contribution in [0.5, 0.6) is 0 Å². The average Bonchev–Trinajstić information content (AvgIpc) is 2.93. The number of rotatable bonds is 4. The molecule has 0 spiro atoms. The number of aliphatic carboxylic acids is 1. The molecule has 98 valence electrons. The monoisotopic (exact) mass is 330 g/mol. The quantitative estimate of drug-likeness (QED) is 0.853. The number of carbonyl (C=O) groups is 2. The first kappa shape index (κ1) is 13.7. The van der Waals surface area contributed by atoms with Gasteiger partial charge in [-0.25, -0.2) is 0 Å². The van der Waals surface area contributed by atoms with Gasteiger partial charge in [0.2, 0.25) is 0 Å². The Morgan fingerprint density at radius 1 is 1.39 bits per heavy atom. The van der Waals surface area contributed by atoms with Gasteiger partial charge in [0, 0.05) is 5.92 Å². The van der Waals surface area contributed by atoms with Gasteiger partial charge in [0.15, 0.2) is 5.78 Å². The highest BCUT2D eigenvalue weighted by Crippen LogP contribution is 2.41. The van der Waals surface area contributed by atoms with Crippen molar-refractivity contribution in [1.82, 2.24) is 0 Å². The zero-order valence-corrected chi connectivity index (χ0v) is 12.5. The summed E-state index contributed by atoms with van der Waals surface area (Å²) in [5.41, 5.74) is 0. The maximum atomic E-state index is 12.4. The van der Waals surface area contributed by atoms with Crippen LogP contribution in [0.1, 0.15) is 35.9 Å². The summed E-state index contributed by atoms with van der Waals surface area (Å²) < 4.78 is 0.905. The first-order valence-electron chi connectivity index (χ1n) is 6.05. The van der Waals surface area contributed by atoms with Gasteiger partial charge < -0.3 is 5.11 Å². The molecule has 1 saturated carbocycles. The molecule has 0 aliphatic heterocycles. The SMILES string of the molecule is CCC1CC(C(=O)O)C(C(=O)c2ccc(Br)s2)C1. The molecule has 1 N–H and O–H groups in total. The second kappa shape index (κ2) is 5.53. The van der Waals surface area contributed by atoms with Gasteiger partial charge in [-0.2, -0.15) is 0 Å². The molecule has 3 unspecified atom stereocenters. The Kier molecular flexibility index (Phi) is 4.22. The van der Waals surface area contributed by atoms with E-state index in [1.807, 2.05) is 6.07 Å². The summed E-state index contributed by atoms with van der Waals surface area (Å²) in [6.07, 6.45) is 2.29. The van der Waals surface area contributed by atoms with Crippen LogP contribution in [0.2, 0.25) is 0 Å². The van der Waals surface area contributed by atoms with E-state index in [1.165, 1.54) is 11.3 Å². The van der Waals surface area contributed by atoms with Gasteiger partial charge in [0.25, 0.3) is 0 Å². The van der Waals surface area contributed by atoms with Crippen LogP contribution in [0.25, 0.3) is 0 Å². The van der Waals surface area contributed by atoms with Crippen molar-refractivity contribution in [2.45, 2.75) is 26.2 Å². The lowest BCUT2D eigenvalue weighted by atomic mass is 9.91. The van der Waals surface area contributed by atoms with E-state index in [1.54, 1.807) is 6.07 Å². The fourth-order valence-corrected chi connectivity index (χ4v) is 4.06. The van der Waals surface area contributed by atoms with Gasteiger partial charge in [-0.3, -0.25) is 9.59 Å². The van der Waals surface area contributed by atoms with E-state index in [2.05, 4.69) is 22.9 Å². The average molecular weight is 331 g/mol. The van der Waals surface area contributed by atoms with E-state index >= 15 is 0 Å². The lowest BCUT2D eigenvalue weighted by Crippen LogP contribution is -2.24. The van der Waals surface area contributed by atoms with E-state index in [9.17, 15) is 14.7 Å². The normalized spacial score (nSPS) is 27.3. The van der Waals surface area contributed by atoms with Crippen LogP contribution in [0.15, 0.2) is 15.9 Å². The smallest absolute Gasteiger partial charge is 0.307 e. The van der Waals surface area contributed by atoms with Gasteiger partial charge in [0.05, 0.1) is 14.6 Å². The minimum atomic E-state index is -0.833. The van der Waals surface area contributed by atoms with E-state index < -0.39 is 11.9 Å². The lowest BCUT2D eigenvalue weighted by Gasteiger charge is -2.12. The number of halogens is 1. The molecule has 18 heavy (non-hydrogen) atoms. The topological polar surface area (TPSA) is 54.4 Å². The summed E-state index contributed by atoms with van der Waals surface area (Å²) in [5, 5.41) is 9.24. The third-order valence-corrected chi connectivity index (χ3v) is 5.35. The molecule has 1 aliphatic rings. The highest BCUT2D eigenvalue weighted by Gasteiger charge is 2.42. The Morgan fingerprint density at radius 2 is 2.06 bits per heavy atom. The predicted molar refractivity (Wildman–Crippen MR) is 74.0 cm³/mol. The third-order valence-electron chi connectivity index (χ3n) is 3.71. The van der Waals surface area contributed by atoms with Crippen molar-refractivity contribution in [3.8, 4) is 0 Å². The highest BCUT2D eigenvalue weighted by atomic mass is 79.9. The van der Waals surface area contributed by atoms with Crippen LogP contribution < -0.4 is 0 Å². The first-order valence-corrected chi connectivity index (χ1v) is 7.66. The summed E-state index contributed by atoms with van der Waals surface area (Å²) in [4.78, 5) is 24.3. The first-order chi connectivity index (χ1) is 8.52. The van der Waals surface area contributed by atoms with Crippen molar-refractivity contribution in [2.24, 2.45) is 17.8 Å². The second-order valence-electron chi connectivity index (χ2n) is 4.76. The van der Waals surface area contributed by atoms with Crippen molar-refractivity contribution in [3.05, 3.63) is 20.8 Å². The molecule has 0 bridgehead atoms. The van der Waals surface area contributed by atoms with Gasteiger partial charge in [-0.05, 0) is 46.8 Å². The van der Waals surface area contributed by atoms with Gasteiger partial charge in [-0.15, -0.1) is 11.3 Å². The largest absolute Gasteiger partial charge is 0.481 e. The maximum absolute atomic E-state index is 12.4. The molecule has 3 atom stereocenters. The van der Waals surface area contributed by atoms with Crippen LogP contribution in [-0.2, 0) is 4.79 Å². The number of hydrogen-bond acceptors (Lipinski definition) is 3. The number of carbonyl (C=O) groups excluding carboxylic acids is 1. The van der Waals surface area contributed by atoms with Crippen LogP contribution >= 0.6 is 27.3 Å². The molecule has 0 radical (unpaired) electrons. The van der Waals surface area contributed by atoms with Gasteiger partial charge >= 0.3 is 5.97 Å². The predicted octanol–water partition coefficient (Wildman–Crippen LogP) is 3.83. The summed E-state index contributed by atoms with van der Waals surface area (Å²) in [6.45, 7) is 2.05. The fraction of sp³-hybridized carbons (Fsp3) is 0.538. The molecule has 1 heterocycles.